The smallest absolute Gasteiger partial charge is 0.144 e. The Bertz CT molecular complexity index is 334. The van der Waals surface area contributed by atoms with Gasteiger partial charge in [0.2, 0.25) is 0 Å². The number of hydrogen-bond acceptors (Lipinski definition) is 3. The molecule has 0 atom stereocenters. The maximum absolute atomic E-state index is 8.71. The lowest BCUT2D eigenvalue weighted by Gasteiger charge is -1.95. The van der Waals surface area contributed by atoms with Crippen LogP contribution in [0.4, 0.5) is 5.69 Å². The van der Waals surface area contributed by atoms with Gasteiger partial charge in [0.1, 0.15) is 11.8 Å². The first kappa shape index (κ1) is 6.62. The molecule has 0 saturated carbocycles. The summed E-state index contributed by atoms with van der Waals surface area (Å²) in [5, 5.41) is 9.84. The molecule has 1 aromatic rings. The van der Waals surface area contributed by atoms with E-state index in [2.05, 4.69) is 6.07 Å². The molecule has 0 saturated heterocycles. The van der Waals surface area contributed by atoms with E-state index in [1.54, 1.807) is 11.8 Å². The van der Waals surface area contributed by atoms with E-state index in [9.17, 15) is 0 Å². The van der Waals surface area contributed by atoms with Crippen molar-refractivity contribution in [1.82, 2.24) is 4.57 Å². The molecule has 0 fully saturated rings. The van der Waals surface area contributed by atoms with Crippen LogP contribution in [0.1, 0.15) is 5.69 Å². The van der Waals surface area contributed by atoms with Crippen LogP contribution in [0.3, 0.4) is 0 Å². The highest BCUT2D eigenvalue weighted by atomic mass is 32.2. The van der Waals surface area contributed by atoms with Gasteiger partial charge in [-0.05, 0) is 6.07 Å². The molecular weight excluding hydrogens is 158 g/mol. The molecule has 2 N–H and O–H groups in total. The Labute approximate surface area is 68.8 Å². The molecule has 0 radical (unpaired) electrons. The van der Waals surface area contributed by atoms with Crippen LogP contribution >= 0.6 is 11.8 Å². The zero-order chi connectivity index (χ0) is 7.84. The molecule has 2 heterocycles. The lowest BCUT2D eigenvalue weighted by molar-refractivity contribution is 0.731. The van der Waals surface area contributed by atoms with E-state index in [-0.39, 0.29) is 0 Å². The van der Waals surface area contributed by atoms with Gasteiger partial charge in [-0.3, -0.25) is 0 Å². The molecule has 0 amide bonds. The molecule has 2 rings (SSSR count). The van der Waals surface area contributed by atoms with E-state index in [0.717, 1.165) is 17.3 Å². The molecule has 1 aliphatic rings. The molecule has 11 heavy (non-hydrogen) atoms. The third-order valence-corrected chi connectivity index (χ3v) is 2.78. The van der Waals surface area contributed by atoms with Gasteiger partial charge >= 0.3 is 0 Å². The van der Waals surface area contributed by atoms with E-state index in [0.29, 0.717) is 11.4 Å². The fourth-order valence-corrected chi connectivity index (χ4v) is 2.29. The first-order valence-corrected chi connectivity index (χ1v) is 4.33. The van der Waals surface area contributed by atoms with Crippen LogP contribution in [0.15, 0.2) is 11.1 Å². The van der Waals surface area contributed by atoms with E-state index < -0.39 is 0 Å². The van der Waals surface area contributed by atoms with Crippen molar-refractivity contribution in [1.29, 1.82) is 5.26 Å². The molecule has 0 aromatic carbocycles. The summed E-state index contributed by atoms with van der Waals surface area (Å²) < 4.78 is 1.97. The molecule has 1 aromatic heterocycles. The predicted octanol–water partition coefficient (Wildman–Crippen LogP) is 1.05. The van der Waals surface area contributed by atoms with E-state index in [1.807, 2.05) is 10.6 Å². The molecule has 4 heteroatoms. The van der Waals surface area contributed by atoms with Crippen LogP contribution in [0, 0.1) is 11.3 Å². The fourth-order valence-electron chi connectivity index (χ4n) is 1.25. The summed E-state index contributed by atoms with van der Waals surface area (Å²) in [5.74, 6) is 1.06. The number of nitriles is 1. The summed E-state index contributed by atoms with van der Waals surface area (Å²) >= 11 is 1.75. The van der Waals surface area contributed by atoms with E-state index >= 15 is 0 Å². The zero-order valence-corrected chi connectivity index (χ0v) is 6.69. The summed E-state index contributed by atoms with van der Waals surface area (Å²) in [4.78, 5) is 0. The van der Waals surface area contributed by atoms with Crippen molar-refractivity contribution in [3.8, 4) is 6.07 Å². The number of nitrogen functional groups attached to an aromatic ring is 1. The lowest BCUT2D eigenvalue weighted by atomic mass is 10.4. The summed E-state index contributed by atoms with van der Waals surface area (Å²) in [6.45, 7) is 0.917. The third-order valence-electron chi connectivity index (χ3n) is 1.76. The SMILES string of the molecule is N#Cc1c(N)cc2n1CCS2. The lowest BCUT2D eigenvalue weighted by Crippen LogP contribution is -1.98. The van der Waals surface area contributed by atoms with Crippen molar-refractivity contribution in [2.24, 2.45) is 0 Å². The number of thioether (sulfide) groups is 1. The average molecular weight is 165 g/mol. The Balaban J connectivity index is 2.63. The summed E-state index contributed by atoms with van der Waals surface area (Å²) in [5.41, 5.74) is 6.83. The van der Waals surface area contributed by atoms with Crippen molar-refractivity contribution in [3.05, 3.63) is 11.8 Å². The average Bonchev–Trinajstić information content (AvgIpc) is 2.46. The highest BCUT2D eigenvalue weighted by molar-refractivity contribution is 7.99. The van der Waals surface area contributed by atoms with E-state index in [1.165, 1.54) is 0 Å². The van der Waals surface area contributed by atoms with Gasteiger partial charge in [0.05, 0.1) is 10.7 Å². The number of nitrogens with zero attached hydrogens (tertiary/aromatic N) is 2. The van der Waals surface area contributed by atoms with Crippen LogP contribution in [0.2, 0.25) is 0 Å². The maximum Gasteiger partial charge on any atom is 0.144 e. The maximum atomic E-state index is 8.71. The Morgan fingerprint density at radius 3 is 3.27 bits per heavy atom. The zero-order valence-electron chi connectivity index (χ0n) is 5.87. The Morgan fingerprint density at radius 1 is 1.73 bits per heavy atom. The second-order valence-corrected chi connectivity index (χ2v) is 3.51. The molecule has 0 unspecified atom stereocenters. The monoisotopic (exact) mass is 165 g/mol. The minimum absolute atomic E-state index is 0.606. The summed E-state index contributed by atoms with van der Waals surface area (Å²) in [6, 6.07) is 3.97. The predicted molar refractivity (Wildman–Crippen MR) is 44.3 cm³/mol. The Morgan fingerprint density at radius 2 is 2.55 bits per heavy atom. The summed E-state index contributed by atoms with van der Waals surface area (Å²) in [7, 11) is 0. The van der Waals surface area contributed by atoms with Crippen molar-refractivity contribution < 1.29 is 0 Å². The van der Waals surface area contributed by atoms with Crippen LogP contribution in [-0.4, -0.2) is 10.3 Å². The third kappa shape index (κ3) is 0.813. The van der Waals surface area contributed by atoms with Crippen LogP contribution in [0.5, 0.6) is 0 Å². The molecule has 3 nitrogen and oxygen atoms in total. The number of fused-ring (bicyclic) bond motifs is 1. The molecule has 56 valence electrons. The first-order valence-electron chi connectivity index (χ1n) is 3.35. The van der Waals surface area contributed by atoms with Crippen molar-refractivity contribution >= 4 is 17.4 Å². The van der Waals surface area contributed by atoms with Gasteiger partial charge < -0.3 is 10.3 Å². The van der Waals surface area contributed by atoms with Crippen LogP contribution in [-0.2, 0) is 6.54 Å². The van der Waals surface area contributed by atoms with Gasteiger partial charge in [-0.1, -0.05) is 0 Å². The standard InChI is InChI=1S/C7H7N3S/c8-4-6-5(9)3-7-10(6)1-2-11-7/h3H,1-2,9H2. The first-order chi connectivity index (χ1) is 5.33. The van der Waals surface area contributed by atoms with Gasteiger partial charge in [-0.15, -0.1) is 11.8 Å². The number of nitrogens with two attached hydrogens (primary N) is 1. The highest BCUT2D eigenvalue weighted by Crippen LogP contribution is 2.31. The second-order valence-electron chi connectivity index (χ2n) is 2.40. The second kappa shape index (κ2) is 2.21. The van der Waals surface area contributed by atoms with Crippen molar-refractivity contribution in [2.75, 3.05) is 11.5 Å². The number of anilines is 1. The minimum atomic E-state index is 0.606. The molecular formula is C7H7N3S. The number of rotatable bonds is 0. The van der Waals surface area contributed by atoms with Crippen molar-refractivity contribution in [2.45, 2.75) is 11.6 Å². The highest BCUT2D eigenvalue weighted by Gasteiger charge is 2.17. The van der Waals surface area contributed by atoms with Crippen LogP contribution in [0.25, 0.3) is 0 Å². The molecule has 0 aliphatic carbocycles. The van der Waals surface area contributed by atoms with Crippen molar-refractivity contribution in [3.63, 3.8) is 0 Å². The fraction of sp³-hybridized carbons (Fsp3) is 0.286. The number of hydrogen-bond donors (Lipinski definition) is 1. The topological polar surface area (TPSA) is 54.7 Å². The summed E-state index contributed by atoms with van der Waals surface area (Å²) in [6.07, 6.45) is 0. The largest absolute Gasteiger partial charge is 0.396 e. The molecule has 0 bridgehead atoms. The van der Waals surface area contributed by atoms with Gasteiger partial charge in [0, 0.05) is 12.3 Å². The van der Waals surface area contributed by atoms with Gasteiger partial charge in [-0.2, -0.15) is 5.26 Å². The van der Waals surface area contributed by atoms with Gasteiger partial charge in [-0.25, -0.2) is 0 Å². The minimum Gasteiger partial charge on any atom is -0.396 e. The van der Waals surface area contributed by atoms with Gasteiger partial charge in [0.25, 0.3) is 0 Å². The molecule has 0 spiro atoms. The normalized spacial score (nSPS) is 14.5. The van der Waals surface area contributed by atoms with Gasteiger partial charge in [0.15, 0.2) is 0 Å². The quantitative estimate of drug-likeness (QED) is 0.625. The van der Waals surface area contributed by atoms with E-state index in [4.69, 9.17) is 11.0 Å². The Kier molecular flexibility index (Phi) is 1.33. The Hall–Kier alpha value is -1.08. The molecule has 1 aliphatic heterocycles. The number of aromatic nitrogens is 1. The van der Waals surface area contributed by atoms with Crippen LogP contribution < -0.4 is 5.73 Å².